The molecule has 4 nitrogen and oxygen atoms in total. The van der Waals surface area contributed by atoms with E-state index in [4.69, 9.17) is 9.47 Å². The van der Waals surface area contributed by atoms with E-state index in [1.165, 1.54) is 24.8 Å². The first kappa shape index (κ1) is 24.3. The van der Waals surface area contributed by atoms with Crippen molar-refractivity contribution in [3.8, 4) is 0 Å². The van der Waals surface area contributed by atoms with Crippen molar-refractivity contribution in [3.05, 3.63) is 11.6 Å². The number of halogens is 1. The van der Waals surface area contributed by atoms with Crippen molar-refractivity contribution in [2.24, 2.45) is 35.0 Å². The Balaban J connectivity index is 1.19. The van der Waals surface area contributed by atoms with Gasteiger partial charge in [0, 0.05) is 11.8 Å². The van der Waals surface area contributed by atoms with Gasteiger partial charge in [-0.2, -0.15) is 0 Å². The third-order valence-electron chi connectivity index (χ3n) is 10.4. The number of carbonyl (C=O) groups is 2. The van der Waals surface area contributed by atoms with Gasteiger partial charge in [-0.15, -0.1) is 0 Å². The molecule has 4 fully saturated rings. The molecule has 0 saturated heterocycles. The fourth-order valence-electron chi connectivity index (χ4n) is 8.66. The number of rotatable bonds is 5. The van der Waals surface area contributed by atoms with Crippen molar-refractivity contribution in [1.82, 2.24) is 0 Å². The summed E-state index contributed by atoms with van der Waals surface area (Å²) in [6.07, 6.45) is 13.6. The zero-order chi connectivity index (χ0) is 23.9. The van der Waals surface area contributed by atoms with Crippen molar-refractivity contribution in [2.75, 3.05) is 0 Å². The van der Waals surface area contributed by atoms with Gasteiger partial charge in [-0.25, -0.2) is 9.18 Å². The average molecular weight is 475 g/mol. The molecular weight excluding hydrogens is 431 g/mol. The molecule has 4 saturated carbocycles. The van der Waals surface area contributed by atoms with E-state index in [9.17, 15) is 9.59 Å². The van der Waals surface area contributed by atoms with E-state index < -0.39 is 12.3 Å². The number of ketones is 1. The minimum absolute atomic E-state index is 0.0276. The smallest absolute Gasteiger partial charge is 0.431 e. The van der Waals surface area contributed by atoms with Crippen LogP contribution >= 0.6 is 0 Å². The molecule has 0 bridgehead atoms. The van der Waals surface area contributed by atoms with Crippen LogP contribution in [0.5, 0.6) is 0 Å². The van der Waals surface area contributed by atoms with Crippen LogP contribution in [-0.2, 0) is 14.3 Å². The summed E-state index contributed by atoms with van der Waals surface area (Å²) < 4.78 is 27.5. The highest BCUT2D eigenvalue weighted by Crippen LogP contribution is 2.63. The predicted octanol–water partition coefficient (Wildman–Crippen LogP) is 7.35. The van der Waals surface area contributed by atoms with Crippen LogP contribution in [0.2, 0.25) is 0 Å². The maximum atomic E-state index is 15.8. The summed E-state index contributed by atoms with van der Waals surface area (Å²) in [5, 5.41) is 0. The van der Waals surface area contributed by atoms with Crippen molar-refractivity contribution < 1.29 is 23.5 Å². The second kappa shape index (κ2) is 9.93. The van der Waals surface area contributed by atoms with Crippen LogP contribution in [0, 0.1) is 35.0 Å². The number of hydrogen-bond acceptors (Lipinski definition) is 4. The monoisotopic (exact) mass is 474 g/mol. The van der Waals surface area contributed by atoms with Crippen molar-refractivity contribution in [3.63, 3.8) is 0 Å². The lowest BCUT2D eigenvalue weighted by molar-refractivity contribution is -0.119. The third kappa shape index (κ3) is 4.57. The van der Waals surface area contributed by atoms with Crippen molar-refractivity contribution >= 4 is 11.9 Å². The number of ether oxygens (including phenoxy) is 2. The first-order valence-corrected chi connectivity index (χ1v) is 14.1. The van der Waals surface area contributed by atoms with E-state index in [0.717, 1.165) is 63.7 Å². The predicted molar refractivity (Wildman–Crippen MR) is 129 cm³/mol. The Labute approximate surface area is 204 Å². The molecule has 0 radical (unpaired) electrons. The standard InChI is InChI=1S/C29H43FO4/c1-3-4-5-18-6-10-21(11-7-18)33-28(32)34-26-15-14-24-23-12-8-19-16-20(31)9-13-22(19)27(23)25(30)17-29(24,26)2/h16,18,21-27H,3-15,17H2,1-2H3/t18?,21?,22-,23-,24-,25-,26-,27+,29-/m0/s1. The van der Waals surface area contributed by atoms with Gasteiger partial charge in [0.15, 0.2) is 5.78 Å². The minimum atomic E-state index is -0.897. The Morgan fingerprint density at radius 2 is 1.85 bits per heavy atom. The molecule has 0 heterocycles. The highest BCUT2D eigenvalue weighted by atomic mass is 19.1. The molecule has 7 atom stereocenters. The van der Waals surface area contributed by atoms with E-state index in [2.05, 4.69) is 13.8 Å². The van der Waals surface area contributed by atoms with Crippen molar-refractivity contribution in [2.45, 2.75) is 122 Å². The number of fused-ring (bicyclic) bond motifs is 5. The zero-order valence-corrected chi connectivity index (χ0v) is 21.1. The van der Waals surface area contributed by atoms with Gasteiger partial charge >= 0.3 is 6.16 Å². The molecular formula is C29H43FO4. The number of hydrogen-bond donors (Lipinski definition) is 0. The molecule has 0 amide bonds. The molecule has 5 heteroatoms. The van der Waals surface area contributed by atoms with E-state index in [-0.39, 0.29) is 35.2 Å². The van der Waals surface area contributed by atoms with Gasteiger partial charge in [-0.05, 0) is 99.9 Å². The molecule has 0 aromatic heterocycles. The molecule has 0 unspecified atom stereocenters. The van der Waals surface area contributed by atoms with Crippen LogP contribution in [0.3, 0.4) is 0 Å². The van der Waals surface area contributed by atoms with Crippen molar-refractivity contribution in [1.29, 1.82) is 0 Å². The lowest BCUT2D eigenvalue weighted by Crippen LogP contribution is -2.53. The van der Waals surface area contributed by atoms with E-state index >= 15 is 4.39 Å². The highest BCUT2D eigenvalue weighted by Gasteiger charge is 2.61. The Hall–Kier alpha value is -1.39. The first-order valence-electron chi connectivity index (χ1n) is 14.1. The Bertz CT molecular complexity index is 800. The zero-order valence-electron chi connectivity index (χ0n) is 21.1. The molecule has 0 aromatic rings. The van der Waals surface area contributed by atoms with E-state index in [1.807, 2.05) is 6.08 Å². The molecule has 34 heavy (non-hydrogen) atoms. The lowest BCUT2D eigenvalue weighted by Gasteiger charge is -2.54. The molecule has 190 valence electrons. The summed E-state index contributed by atoms with van der Waals surface area (Å²) in [7, 11) is 0. The maximum absolute atomic E-state index is 15.8. The topological polar surface area (TPSA) is 52.6 Å². The molecule has 0 aliphatic heterocycles. The average Bonchev–Trinajstić information content (AvgIpc) is 3.13. The maximum Gasteiger partial charge on any atom is 0.508 e. The van der Waals surface area contributed by atoms with Gasteiger partial charge in [-0.1, -0.05) is 38.7 Å². The summed E-state index contributed by atoms with van der Waals surface area (Å²) in [6, 6.07) is 0. The number of unbranched alkanes of at least 4 members (excludes halogenated alkanes) is 1. The van der Waals surface area contributed by atoms with Crippen LogP contribution in [0.25, 0.3) is 0 Å². The number of carbonyl (C=O) groups excluding carboxylic acids is 2. The van der Waals surface area contributed by atoms with Crippen LogP contribution in [0.1, 0.15) is 104 Å². The highest BCUT2D eigenvalue weighted by molar-refractivity contribution is 5.91. The molecule has 0 spiro atoms. The minimum Gasteiger partial charge on any atom is -0.431 e. The SMILES string of the molecule is CCCCC1CCC(OC(=O)O[C@H]2CC[C@H]3[C@@H]4CCC5=CC(=O)CC[C@@H]5[C@H]4[C@@H](F)C[C@]23C)CC1. The summed E-state index contributed by atoms with van der Waals surface area (Å²) in [5.41, 5.74) is 0.880. The van der Waals surface area contributed by atoms with Gasteiger partial charge in [0.2, 0.25) is 0 Å². The Morgan fingerprint density at radius 3 is 2.62 bits per heavy atom. The van der Waals surface area contributed by atoms with E-state index in [1.54, 1.807) is 0 Å². The van der Waals surface area contributed by atoms with Gasteiger partial charge in [-0.3, -0.25) is 4.79 Å². The number of allylic oxidation sites excluding steroid dienone is 1. The first-order chi connectivity index (χ1) is 16.4. The normalized spacial score (nSPS) is 43.9. The van der Waals surface area contributed by atoms with Crippen LogP contribution in [0.4, 0.5) is 9.18 Å². The molecule has 5 aliphatic carbocycles. The second-order valence-corrected chi connectivity index (χ2v) is 12.3. The quantitative estimate of drug-likeness (QED) is 0.391. The Morgan fingerprint density at radius 1 is 1.06 bits per heavy atom. The van der Waals surface area contributed by atoms with E-state index in [0.29, 0.717) is 24.7 Å². The van der Waals surface area contributed by atoms with Gasteiger partial charge in [0.25, 0.3) is 0 Å². The van der Waals surface area contributed by atoms with Crippen LogP contribution in [-0.4, -0.2) is 30.3 Å². The molecule has 0 N–H and O–H groups in total. The lowest BCUT2D eigenvalue weighted by atomic mass is 9.51. The third-order valence-corrected chi connectivity index (χ3v) is 10.4. The summed E-state index contributed by atoms with van der Waals surface area (Å²) in [6.45, 7) is 4.39. The van der Waals surface area contributed by atoms with Crippen LogP contribution in [0.15, 0.2) is 11.6 Å². The Kier molecular flexibility index (Phi) is 7.10. The van der Waals surface area contributed by atoms with Gasteiger partial charge in [0.1, 0.15) is 18.4 Å². The largest absolute Gasteiger partial charge is 0.508 e. The summed E-state index contributed by atoms with van der Waals surface area (Å²) in [4.78, 5) is 24.7. The van der Waals surface area contributed by atoms with Gasteiger partial charge < -0.3 is 9.47 Å². The number of alkyl halides is 1. The summed E-state index contributed by atoms with van der Waals surface area (Å²) >= 11 is 0. The summed E-state index contributed by atoms with van der Waals surface area (Å²) in [5.74, 6) is 1.95. The van der Waals surface area contributed by atoms with Gasteiger partial charge in [0.05, 0.1) is 0 Å². The molecule has 0 aromatic carbocycles. The molecule has 5 aliphatic rings. The molecule has 5 rings (SSSR count). The van der Waals surface area contributed by atoms with Crippen LogP contribution < -0.4 is 0 Å². The fourth-order valence-corrected chi connectivity index (χ4v) is 8.66. The fraction of sp³-hybridized carbons (Fsp3) is 0.862. The second-order valence-electron chi connectivity index (χ2n) is 12.3.